The van der Waals surface area contributed by atoms with Gasteiger partial charge in [-0.2, -0.15) is 0 Å². The zero-order valence-corrected chi connectivity index (χ0v) is 11.4. The van der Waals surface area contributed by atoms with E-state index in [1.165, 1.54) is 6.07 Å². The van der Waals surface area contributed by atoms with Crippen molar-refractivity contribution in [2.75, 3.05) is 6.61 Å². The molecule has 3 nitrogen and oxygen atoms in total. The summed E-state index contributed by atoms with van der Waals surface area (Å²) in [6, 6.07) is 4.71. The van der Waals surface area contributed by atoms with E-state index >= 15 is 0 Å². The average Bonchev–Trinajstić information content (AvgIpc) is 2.75. The van der Waals surface area contributed by atoms with Crippen LogP contribution in [0.4, 0.5) is 4.39 Å². The largest absolute Gasteiger partial charge is 0.396 e. The second-order valence-electron chi connectivity index (χ2n) is 5.67. The van der Waals surface area contributed by atoms with Gasteiger partial charge in [0.1, 0.15) is 5.82 Å². The lowest BCUT2D eigenvalue weighted by molar-refractivity contribution is 0.0827. The highest BCUT2D eigenvalue weighted by atomic mass is 19.1. The maximum atomic E-state index is 13.9. The monoisotopic (exact) mass is 265 g/mol. The molecule has 0 aliphatic heterocycles. The number of aliphatic hydroxyl groups excluding tert-OH is 1. The van der Waals surface area contributed by atoms with E-state index in [2.05, 4.69) is 5.32 Å². The minimum Gasteiger partial charge on any atom is -0.396 e. The van der Waals surface area contributed by atoms with Crippen LogP contribution in [0.25, 0.3) is 0 Å². The Morgan fingerprint density at radius 1 is 1.58 bits per heavy atom. The van der Waals surface area contributed by atoms with E-state index in [0.29, 0.717) is 5.56 Å². The predicted molar refractivity (Wildman–Crippen MR) is 71.4 cm³/mol. The van der Waals surface area contributed by atoms with Gasteiger partial charge in [0.05, 0.1) is 12.2 Å². The predicted octanol–water partition coefficient (Wildman–Crippen LogP) is 2.42. The fourth-order valence-corrected chi connectivity index (χ4v) is 2.73. The van der Waals surface area contributed by atoms with E-state index in [9.17, 15) is 14.3 Å². The van der Waals surface area contributed by atoms with E-state index in [0.717, 1.165) is 19.3 Å². The van der Waals surface area contributed by atoms with Gasteiger partial charge >= 0.3 is 0 Å². The van der Waals surface area contributed by atoms with Crippen molar-refractivity contribution in [1.29, 1.82) is 0 Å². The molecule has 1 aliphatic carbocycles. The van der Waals surface area contributed by atoms with Gasteiger partial charge in [0.2, 0.25) is 0 Å². The third-order valence-corrected chi connectivity index (χ3v) is 4.18. The van der Waals surface area contributed by atoms with Crippen molar-refractivity contribution in [3.8, 4) is 0 Å². The van der Waals surface area contributed by atoms with Crippen LogP contribution in [-0.4, -0.2) is 23.7 Å². The third kappa shape index (κ3) is 2.63. The molecule has 1 aromatic carbocycles. The smallest absolute Gasteiger partial charge is 0.254 e. The molecule has 19 heavy (non-hydrogen) atoms. The van der Waals surface area contributed by atoms with Crippen molar-refractivity contribution in [2.45, 2.75) is 39.2 Å². The number of hydrogen-bond donors (Lipinski definition) is 2. The summed E-state index contributed by atoms with van der Waals surface area (Å²) in [6.07, 6.45) is 2.68. The number of rotatable bonds is 3. The molecule has 0 saturated heterocycles. The number of halogens is 1. The minimum absolute atomic E-state index is 0.0360. The van der Waals surface area contributed by atoms with Gasteiger partial charge in [-0.25, -0.2) is 4.39 Å². The van der Waals surface area contributed by atoms with Crippen molar-refractivity contribution >= 4 is 5.91 Å². The van der Waals surface area contributed by atoms with Gasteiger partial charge in [-0.3, -0.25) is 4.79 Å². The van der Waals surface area contributed by atoms with Gasteiger partial charge in [-0.1, -0.05) is 25.5 Å². The van der Waals surface area contributed by atoms with Crippen molar-refractivity contribution in [3.05, 3.63) is 35.1 Å². The molecule has 2 unspecified atom stereocenters. The van der Waals surface area contributed by atoms with Gasteiger partial charge < -0.3 is 10.4 Å². The van der Waals surface area contributed by atoms with Crippen LogP contribution < -0.4 is 5.32 Å². The third-order valence-electron chi connectivity index (χ3n) is 4.18. The van der Waals surface area contributed by atoms with E-state index in [1.807, 2.05) is 6.92 Å². The Bertz CT molecular complexity index is 489. The molecule has 1 aliphatic rings. The summed E-state index contributed by atoms with van der Waals surface area (Å²) in [5.41, 5.74) is 0.242. The molecule has 0 radical (unpaired) electrons. The molecule has 2 rings (SSSR count). The standard InChI is InChI=1S/C15H20FNO2/c1-10-5-3-6-11(13(10)16)14(19)17-12-7-4-8-15(12,2)9-18/h3,5-6,12,18H,4,7-9H2,1-2H3,(H,17,19). The first kappa shape index (κ1) is 14.0. The van der Waals surface area contributed by atoms with E-state index < -0.39 is 11.7 Å². The number of hydrogen-bond acceptors (Lipinski definition) is 2. The van der Waals surface area contributed by atoms with Crippen LogP contribution in [0.5, 0.6) is 0 Å². The molecule has 0 aromatic heterocycles. The molecule has 2 atom stereocenters. The summed E-state index contributed by atoms with van der Waals surface area (Å²) in [5, 5.41) is 12.3. The van der Waals surface area contributed by atoms with Gasteiger partial charge in [-0.05, 0) is 31.4 Å². The van der Waals surface area contributed by atoms with Crippen molar-refractivity contribution in [2.24, 2.45) is 5.41 Å². The van der Waals surface area contributed by atoms with E-state index in [1.54, 1.807) is 19.1 Å². The molecular weight excluding hydrogens is 245 g/mol. The molecule has 0 heterocycles. The highest BCUT2D eigenvalue weighted by Crippen LogP contribution is 2.37. The highest BCUT2D eigenvalue weighted by molar-refractivity contribution is 5.94. The number of carbonyl (C=O) groups excluding carboxylic acids is 1. The molecule has 0 bridgehead atoms. The van der Waals surface area contributed by atoms with Gasteiger partial charge in [0.25, 0.3) is 5.91 Å². The van der Waals surface area contributed by atoms with Gasteiger partial charge in [0.15, 0.2) is 0 Å². The summed E-state index contributed by atoms with van der Waals surface area (Å²) in [4.78, 5) is 12.1. The molecule has 1 aromatic rings. The van der Waals surface area contributed by atoms with Crippen LogP contribution in [-0.2, 0) is 0 Å². The normalized spacial score (nSPS) is 26.4. The Morgan fingerprint density at radius 3 is 3.00 bits per heavy atom. The summed E-state index contributed by atoms with van der Waals surface area (Å²) in [6.45, 7) is 3.63. The second-order valence-corrected chi connectivity index (χ2v) is 5.67. The Balaban J connectivity index is 2.15. The number of benzene rings is 1. The number of amides is 1. The number of nitrogens with one attached hydrogen (secondary N) is 1. The van der Waals surface area contributed by atoms with E-state index in [-0.39, 0.29) is 23.6 Å². The first-order valence-electron chi connectivity index (χ1n) is 6.65. The Labute approximate surface area is 112 Å². The zero-order chi connectivity index (χ0) is 14.0. The van der Waals surface area contributed by atoms with Crippen LogP contribution >= 0.6 is 0 Å². The minimum atomic E-state index is -0.469. The Kier molecular flexibility index (Phi) is 3.90. The molecule has 4 heteroatoms. The number of carbonyl (C=O) groups is 1. The first-order valence-corrected chi connectivity index (χ1v) is 6.65. The van der Waals surface area contributed by atoms with Gasteiger partial charge in [0, 0.05) is 11.5 Å². The van der Waals surface area contributed by atoms with Crippen LogP contribution in [0.1, 0.15) is 42.1 Å². The van der Waals surface area contributed by atoms with Crippen molar-refractivity contribution in [3.63, 3.8) is 0 Å². The number of aliphatic hydroxyl groups is 1. The lowest BCUT2D eigenvalue weighted by Gasteiger charge is -2.30. The van der Waals surface area contributed by atoms with Crippen molar-refractivity contribution < 1.29 is 14.3 Å². The molecule has 1 fully saturated rings. The quantitative estimate of drug-likeness (QED) is 0.881. The van der Waals surface area contributed by atoms with Crippen LogP contribution in [0, 0.1) is 18.2 Å². The zero-order valence-electron chi connectivity index (χ0n) is 11.4. The fraction of sp³-hybridized carbons (Fsp3) is 0.533. The molecule has 2 N–H and O–H groups in total. The Hall–Kier alpha value is -1.42. The van der Waals surface area contributed by atoms with Crippen molar-refractivity contribution in [1.82, 2.24) is 5.32 Å². The van der Waals surface area contributed by atoms with E-state index in [4.69, 9.17) is 0 Å². The summed E-state index contributed by atoms with van der Waals surface area (Å²) in [5.74, 6) is -0.864. The van der Waals surface area contributed by atoms with Crippen LogP contribution in [0.15, 0.2) is 18.2 Å². The maximum Gasteiger partial charge on any atom is 0.254 e. The lowest BCUT2D eigenvalue weighted by atomic mass is 9.85. The summed E-state index contributed by atoms with van der Waals surface area (Å²) < 4.78 is 13.9. The molecule has 104 valence electrons. The summed E-state index contributed by atoms with van der Waals surface area (Å²) in [7, 11) is 0. The van der Waals surface area contributed by atoms with Crippen LogP contribution in [0.3, 0.4) is 0 Å². The molecular formula is C15H20FNO2. The molecule has 1 saturated carbocycles. The average molecular weight is 265 g/mol. The SMILES string of the molecule is Cc1cccc(C(=O)NC2CCCC2(C)CO)c1F. The molecule has 0 spiro atoms. The lowest BCUT2D eigenvalue weighted by Crippen LogP contribution is -2.45. The highest BCUT2D eigenvalue weighted by Gasteiger charge is 2.39. The fourth-order valence-electron chi connectivity index (χ4n) is 2.73. The first-order chi connectivity index (χ1) is 8.98. The Morgan fingerprint density at radius 2 is 2.32 bits per heavy atom. The second kappa shape index (κ2) is 5.29. The van der Waals surface area contributed by atoms with Gasteiger partial charge in [-0.15, -0.1) is 0 Å². The molecule has 1 amide bonds. The van der Waals surface area contributed by atoms with Crippen LogP contribution in [0.2, 0.25) is 0 Å². The maximum absolute atomic E-state index is 13.9. The topological polar surface area (TPSA) is 49.3 Å². The summed E-state index contributed by atoms with van der Waals surface area (Å²) >= 11 is 0. The number of aryl methyl sites for hydroxylation is 1.